The van der Waals surface area contributed by atoms with Crippen molar-refractivity contribution in [3.63, 3.8) is 0 Å². The average molecular weight is 347 g/mol. The summed E-state index contributed by atoms with van der Waals surface area (Å²) in [4.78, 5) is 12.8. The van der Waals surface area contributed by atoms with E-state index in [-0.39, 0.29) is 5.91 Å². The van der Waals surface area contributed by atoms with Crippen molar-refractivity contribution in [1.82, 2.24) is 10.6 Å². The molecule has 2 heterocycles. The minimum Gasteiger partial charge on any atom is -0.378 e. The monoisotopic (exact) mass is 346 g/mol. The Kier molecular flexibility index (Phi) is 6.30. The van der Waals surface area contributed by atoms with E-state index >= 15 is 0 Å². The SMILES string of the molecule is O=C(CCOC1CCNCC1)NCc1ccc(Br)s1. The van der Waals surface area contributed by atoms with Gasteiger partial charge in [-0.1, -0.05) is 0 Å². The van der Waals surface area contributed by atoms with Gasteiger partial charge in [0.1, 0.15) is 0 Å². The first-order valence-electron chi connectivity index (χ1n) is 6.57. The number of amides is 1. The van der Waals surface area contributed by atoms with E-state index in [0.717, 1.165) is 34.6 Å². The fourth-order valence-corrected chi connectivity index (χ4v) is 3.42. The van der Waals surface area contributed by atoms with Crippen molar-refractivity contribution in [2.75, 3.05) is 19.7 Å². The molecule has 1 aliphatic heterocycles. The van der Waals surface area contributed by atoms with Gasteiger partial charge in [-0.05, 0) is 54.0 Å². The van der Waals surface area contributed by atoms with Gasteiger partial charge in [0.25, 0.3) is 0 Å². The van der Waals surface area contributed by atoms with Gasteiger partial charge in [-0.3, -0.25) is 4.79 Å². The van der Waals surface area contributed by atoms with Crippen LogP contribution in [0.15, 0.2) is 15.9 Å². The zero-order valence-electron chi connectivity index (χ0n) is 10.8. The number of carbonyl (C=O) groups is 1. The molecule has 0 aromatic carbocycles. The lowest BCUT2D eigenvalue weighted by atomic mass is 10.1. The maximum absolute atomic E-state index is 11.7. The number of hydrogen-bond acceptors (Lipinski definition) is 4. The average Bonchev–Trinajstić information content (AvgIpc) is 2.83. The van der Waals surface area contributed by atoms with Crippen LogP contribution in [0.3, 0.4) is 0 Å². The quantitative estimate of drug-likeness (QED) is 0.830. The number of nitrogens with one attached hydrogen (secondary N) is 2. The zero-order valence-corrected chi connectivity index (χ0v) is 13.2. The summed E-state index contributed by atoms with van der Waals surface area (Å²) >= 11 is 5.05. The van der Waals surface area contributed by atoms with Crippen LogP contribution in [0, 0.1) is 0 Å². The summed E-state index contributed by atoms with van der Waals surface area (Å²) in [6.07, 6.45) is 2.86. The number of thiophene rings is 1. The lowest BCUT2D eigenvalue weighted by Gasteiger charge is -2.22. The summed E-state index contributed by atoms with van der Waals surface area (Å²) in [5.74, 6) is 0.0541. The minimum atomic E-state index is 0.0541. The van der Waals surface area contributed by atoms with Crippen LogP contribution in [-0.4, -0.2) is 31.7 Å². The van der Waals surface area contributed by atoms with Crippen LogP contribution in [0.1, 0.15) is 24.1 Å². The van der Waals surface area contributed by atoms with Gasteiger partial charge < -0.3 is 15.4 Å². The molecule has 0 spiro atoms. The standard InChI is InChI=1S/C13H19BrN2O2S/c14-12-2-1-11(19-12)9-16-13(17)5-8-18-10-3-6-15-7-4-10/h1-2,10,15H,3-9H2,(H,16,17). The van der Waals surface area contributed by atoms with Gasteiger partial charge in [0, 0.05) is 11.3 Å². The molecule has 1 aromatic heterocycles. The predicted octanol–water partition coefficient (Wildman–Crippen LogP) is 2.29. The predicted molar refractivity (Wildman–Crippen MR) is 80.3 cm³/mol. The van der Waals surface area contributed by atoms with Gasteiger partial charge in [-0.15, -0.1) is 11.3 Å². The lowest BCUT2D eigenvalue weighted by Crippen LogP contribution is -2.33. The molecule has 6 heteroatoms. The molecule has 4 nitrogen and oxygen atoms in total. The zero-order chi connectivity index (χ0) is 13.5. The highest BCUT2D eigenvalue weighted by molar-refractivity contribution is 9.11. The Balaban J connectivity index is 1.56. The smallest absolute Gasteiger partial charge is 0.222 e. The molecular weight excluding hydrogens is 328 g/mol. The highest BCUT2D eigenvalue weighted by atomic mass is 79.9. The first-order valence-corrected chi connectivity index (χ1v) is 8.18. The van der Waals surface area contributed by atoms with E-state index in [0.29, 0.717) is 25.7 Å². The van der Waals surface area contributed by atoms with Crippen LogP contribution < -0.4 is 10.6 Å². The first-order chi connectivity index (χ1) is 9.24. The number of halogens is 1. The van der Waals surface area contributed by atoms with Gasteiger partial charge in [0.05, 0.1) is 23.0 Å². The molecule has 1 aliphatic rings. The molecule has 0 radical (unpaired) electrons. The molecule has 1 aromatic rings. The molecule has 1 fully saturated rings. The van der Waals surface area contributed by atoms with Gasteiger partial charge in [-0.25, -0.2) is 0 Å². The fourth-order valence-electron chi connectivity index (χ4n) is 2.00. The van der Waals surface area contributed by atoms with E-state index < -0.39 is 0 Å². The van der Waals surface area contributed by atoms with Crippen LogP contribution in [0.5, 0.6) is 0 Å². The van der Waals surface area contributed by atoms with E-state index in [9.17, 15) is 4.79 Å². The van der Waals surface area contributed by atoms with Crippen molar-refractivity contribution >= 4 is 33.2 Å². The minimum absolute atomic E-state index is 0.0541. The molecule has 0 saturated carbocycles. The van der Waals surface area contributed by atoms with Crippen molar-refractivity contribution in [2.24, 2.45) is 0 Å². The molecule has 0 aliphatic carbocycles. The van der Waals surface area contributed by atoms with Crippen molar-refractivity contribution in [3.05, 3.63) is 20.8 Å². The van der Waals surface area contributed by atoms with Crippen molar-refractivity contribution < 1.29 is 9.53 Å². The summed E-state index contributed by atoms with van der Waals surface area (Å²) in [5, 5.41) is 6.20. The number of hydrogen-bond donors (Lipinski definition) is 2. The first kappa shape index (κ1) is 15.0. The maximum atomic E-state index is 11.7. The van der Waals surface area contributed by atoms with Crippen molar-refractivity contribution in [2.45, 2.75) is 31.9 Å². The summed E-state index contributed by atoms with van der Waals surface area (Å²) in [6, 6.07) is 4.01. The summed E-state index contributed by atoms with van der Waals surface area (Å²) in [5.41, 5.74) is 0. The summed E-state index contributed by atoms with van der Waals surface area (Å²) in [7, 11) is 0. The number of carbonyl (C=O) groups excluding carboxylic acids is 1. The third-order valence-corrected chi connectivity index (χ3v) is 4.68. The molecule has 2 N–H and O–H groups in total. The molecule has 1 saturated heterocycles. The van der Waals surface area contributed by atoms with E-state index in [2.05, 4.69) is 26.6 Å². The molecule has 0 unspecified atom stereocenters. The van der Waals surface area contributed by atoms with Crippen molar-refractivity contribution in [3.8, 4) is 0 Å². The van der Waals surface area contributed by atoms with Crippen LogP contribution in [-0.2, 0) is 16.1 Å². The van der Waals surface area contributed by atoms with Crippen molar-refractivity contribution in [1.29, 1.82) is 0 Å². The van der Waals surface area contributed by atoms with Gasteiger partial charge in [-0.2, -0.15) is 0 Å². The number of piperidine rings is 1. The topological polar surface area (TPSA) is 50.4 Å². The largest absolute Gasteiger partial charge is 0.378 e. The van der Waals surface area contributed by atoms with E-state index in [1.807, 2.05) is 12.1 Å². The van der Waals surface area contributed by atoms with Gasteiger partial charge in [0.2, 0.25) is 5.91 Å². The molecule has 19 heavy (non-hydrogen) atoms. The van der Waals surface area contributed by atoms with E-state index in [1.165, 1.54) is 0 Å². The second-order valence-electron chi connectivity index (χ2n) is 4.55. The van der Waals surface area contributed by atoms with Gasteiger partial charge >= 0.3 is 0 Å². The Morgan fingerprint density at radius 3 is 2.95 bits per heavy atom. The van der Waals surface area contributed by atoms with Crippen LogP contribution >= 0.6 is 27.3 Å². The highest BCUT2D eigenvalue weighted by Gasteiger charge is 2.13. The lowest BCUT2D eigenvalue weighted by molar-refractivity contribution is -0.122. The third kappa shape index (κ3) is 5.60. The molecular formula is C13H19BrN2O2S. The Labute approximate surface area is 126 Å². The highest BCUT2D eigenvalue weighted by Crippen LogP contribution is 2.21. The Morgan fingerprint density at radius 1 is 1.47 bits per heavy atom. The third-order valence-electron chi connectivity index (χ3n) is 3.06. The second-order valence-corrected chi connectivity index (χ2v) is 7.10. The Bertz CT molecular complexity index is 405. The van der Waals surface area contributed by atoms with Crippen LogP contribution in [0.4, 0.5) is 0 Å². The summed E-state index contributed by atoms with van der Waals surface area (Å²) < 4.78 is 6.79. The molecule has 2 rings (SSSR count). The van der Waals surface area contributed by atoms with E-state index in [1.54, 1.807) is 11.3 Å². The summed E-state index contributed by atoms with van der Waals surface area (Å²) in [6.45, 7) is 3.15. The van der Waals surface area contributed by atoms with Gasteiger partial charge in [0.15, 0.2) is 0 Å². The van der Waals surface area contributed by atoms with Crippen LogP contribution in [0.25, 0.3) is 0 Å². The molecule has 0 atom stereocenters. The number of ether oxygens (including phenoxy) is 1. The normalized spacial score (nSPS) is 16.5. The van der Waals surface area contributed by atoms with E-state index in [4.69, 9.17) is 4.74 Å². The van der Waals surface area contributed by atoms with Crippen LogP contribution in [0.2, 0.25) is 0 Å². The fraction of sp³-hybridized carbons (Fsp3) is 0.615. The maximum Gasteiger partial charge on any atom is 0.222 e. The Hall–Kier alpha value is -0.430. The molecule has 1 amide bonds. The molecule has 0 bridgehead atoms. The second kappa shape index (κ2) is 7.99. The molecule has 106 valence electrons. The number of rotatable bonds is 6. The Morgan fingerprint density at radius 2 is 2.26 bits per heavy atom.